The minimum atomic E-state index is -0.307. The fraction of sp³-hybridized carbons (Fsp3) is 0.462. The first-order valence-electron chi connectivity index (χ1n) is 5.96. The van der Waals surface area contributed by atoms with Gasteiger partial charge >= 0.3 is 0 Å². The van der Waals surface area contributed by atoms with Crippen LogP contribution in [0.25, 0.3) is 0 Å². The molecular formula is C13H16N2O2. The molecule has 1 aromatic carbocycles. The predicted octanol–water partition coefficient (Wildman–Crippen LogP) is 2.11. The van der Waals surface area contributed by atoms with E-state index in [4.69, 9.17) is 10.6 Å². The van der Waals surface area contributed by atoms with Crippen molar-refractivity contribution in [2.45, 2.75) is 31.8 Å². The van der Waals surface area contributed by atoms with Crippen molar-refractivity contribution in [2.75, 3.05) is 10.8 Å². The van der Waals surface area contributed by atoms with Crippen LogP contribution in [0.2, 0.25) is 0 Å². The summed E-state index contributed by atoms with van der Waals surface area (Å²) in [6.45, 7) is 2.03. The molecule has 90 valence electrons. The highest BCUT2D eigenvalue weighted by molar-refractivity contribution is 5.94. The summed E-state index contributed by atoms with van der Waals surface area (Å²) < 4.78 is 0. The number of hydroxylamine groups is 1. The van der Waals surface area contributed by atoms with Gasteiger partial charge in [-0.1, -0.05) is 0 Å². The minimum Gasteiger partial charge on any atom is -0.399 e. The maximum Gasteiger partial charge on any atom is 0.253 e. The topological polar surface area (TPSA) is 55.6 Å². The Kier molecular flexibility index (Phi) is 2.16. The number of hydrogen-bond donors (Lipinski definition) is 1. The van der Waals surface area contributed by atoms with E-state index in [9.17, 15) is 4.79 Å². The van der Waals surface area contributed by atoms with Crippen LogP contribution in [-0.2, 0) is 9.63 Å². The maximum absolute atomic E-state index is 12.0. The van der Waals surface area contributed by atoms with E-state index in [-0.39, 0.29) is 11.5 Å². The molecule has 1 heterocycles. The highest BCUT2D eigenvalue weighted by atomic mass is 16.7. The zero-order valence-electron chi connectivity index (χ0n) is 9.85. The molecule has 1 atom stereocenters. The van der Waals surface area contributed by atoms with Gasteiger partial charge in [0.25, 0.3) is 5.91 Å². The summed E-state index contributed by atoms with van der Waals surface area (Å²) in [6, 6.07) is 7.18. The summed E-state index contributed by atoms with van der Waals surface area (Å²) >= 11 is 0. The fourth-order valence-corrected chi connectivity index (χ4v) is 2.38. The number of anilines is 2. The van der Waals surface area contributed by atoms with Gasteiger partial charge in [-0.25, -0.2) is 0 Å². The van der Waals surface area contributed by atoms with E-state index < -0.39 is 0 Å². The van der Waals surface area contributed by atoms with Crippen LogP contribution in [0.5, 0.6) is 0 Å². The third-order valence-corrected chi connectivity index (χ3v) is 3.60. The molecule has 4 heteroatoms. The predicted molar refractivity (Wildman–Crippen MR) is 65.2 cm³/mol. The number of carbonyl (C=O) groups is 1. The summed E-state index contributed by atoms with van der Waals surface area (Å²) in [4.78, 5) is 17.8. The third kappa shape index (κ3) is 1.78. The molecule has 1 amide bonds. The molecule has 2 aliphatic rings. The van der Waals surface area contributed by atoms with Gasteiger partial charge in [0.05, 0.1) is 12.1 Å². The second-order valence-corrected chi connectivity index (χ2v) is 5.13. The summed E-state index contributed by atoms with van der Waals surface area (Å²) in [5, 5.41) is 1.41. The van der Waals surface area contributed by atoms with E-state index in [0.717, 1.165) is 5.69 Å². The molecular weight excluding hydrogens is 216 g/mol. The van der Waals surface area contributed by atoms with Crippen LogP contribution in [0, 0.1) is 5.92 Å². The van der Waals surface area contributed by atoms with Crippen molar-refractivity contribution in [1.82, 2.24) is 0 Å². The van der Waals surface area contributed by atoms with Crippen molar-refractivity contribution < 1.29 is 9.63 Å². The molecule has 1 saturated heterocycles. The highest BCUT2D eigenvalue weighted by Crippen LogP contribution is 2.47. The lowest BCUT2D eigenvalue weighted by atomic mass is 9.97. The maximum atomic E-state index is 12.0. The number of benzene rings is 1. The minimum absolute atomic E-state index is 0.0316. The summed E-state index contributed by atoms with van der Waals surface area (Å²) in [7, 11) is 0. The van der Waals surface area contributed by atoms with Gasteiger partial charge in [0.1, 0.15) is 5.60 Å². The lowest BCUT2D eigenvalue weighted by molar-refractivity contribution is -0.119. The molecule has 0 radical (unpaired) electrons. The van der Waals surface area contributed by atoms with E-state index in [1.54, 1.807) is 12.1 Å². The molecule has 3 rings (SSSR count). The van der Waals surface area contributed by atoms with E-state index in [1.807, 2.05) is 19.1 Å². The molecule has 2 N–H and O–H groups in total. The number of amides is 1. The van der Waals surface area contributed by atoms with Crippen LogP contribution in [-0.4, -0.2) is 11.5 Å². The number of rotatable bonds is 2. The third-order valence-electron chi connectivity index (χ3n) is 3.60. The summed E-state index contributed by atoms with van der Waals surface area (Å²) in [5.74, 6) is 0.564. The number of nitrogens with zero attached hydrogens (tertiary/aromatic N) is 1. The number of nitrogen functional groups attached to an aromatic ring is 1. The molecule has 0 aromatic heterocycles. The molecule has 2 fully saturated rings. The van der Waals surface area contributed by atoms with E-state index in [2.05, 4.69) is 0 Å². The SMILES string of the molecule is CC1(C2CC2)CC(=O)N(c2ccc(N)cc2)O1. The lowest BCUT2D eigenvalue weighted by Crippen LogP contribution is -2.29. The van der Waals surface area contributed by atoms with Crippen molar-refractivity contribution in [1.29, 1.82) is 0 Å². The Morgan fingerprint density at radius 1 is 1.35 bits per heavy atom. The van der Waals surface area contributed by atoms with Gasteiger partial charge in [-0.05, 0) is 49.9 Å². The summed E-state index contributed by atoms with van der Waals surface area (Å²) in [5.41, 5.74) is 6.76. The summed E-state index contributed by atoms with van der Waals surface area (Å²) in [6.07, 6.45) is 2.81. The first-order chi connectivity index (χ1) is 8.08. The lowest BCUT2D eigenvalue weighted by Gasteiger charge is -2.23. The van der Waals surface area contributed by atoms with Gasteiger partial charge in [-0.2, -0.15) is 5.06 Å². The molecule has 1 aliphatic heterocycles. The van der Waals surface area contributed by atoms with Crippen LogP contribution < -0.4 is 10.8 Å². The van der Waals surface area contributed by atoms with Crippen molar-refractivity contribution in [2.24, 2.45) is 5.92 Å². The Hall–Kier alpha value is -1.55. The largest absolute Gasteiger partial charge is 0.399 e. The second kappa shape index (κ2) is 3.47. The van der Waals surface area contributed by atoms with Crippen LogP contribution in [0.4, 0.5) is 11.4 Å². The Labute approximate surface area is 100 Å². The standard InChI is InChI=1S/C13H16N2O2/c1-13(9-2-3-9)8-12(16)15(17-13)11-6-4-10(14)5-7-11/h4-7,9H,2-3,8,14H2,1H3. The second-order valence-electron chi connectivity index (χ2n) is 5.13. The van der Waals surface area contributed by atoms with Crippen LogP contribution >= 0.6 is 0 Å². The number of nitrogens with two attached hydrogens (primary N) is 1. The Morgan fingerprint density at radius 3 is 2.59 bits per heavy atom. The zero-order valence-corrected chi connectivity index (χ0v) is 9.85. The Morgan fingerprint density at radius 2 is 2.00 bits per heavy atom. The Bertz CT molecular complexity index is 453. The van der Waals surface area contributed by atoms with E-state index in [1.165, 1.54) is 17.9 Å². The normalized spacial score (nSPS) is 28.8. The molecule has 1 unspecified atom stereocenters. The van der Waals surface area contributed by atoms with Gasteiger partial charge < -0.3 is 5.73 Å². The zero-order chi connectivity index (χ0) is 12.0. The fourth-order valence-electron chi connectivity index (χ4n) is 2.38. The van der Waals surface area contributed by atoms with Crippen LogP contribution in [0.1, 0.15) is 26.2 Å². The van der Waals surface area contributed by atoms with E-state index in [0.29, 0.717) is 18.0 Å². The molecule has 17 heavy (non-hydrogen) atoms. The van der Waals surface area contributed by atoms with Gasteiger partial charge in [0.15, 0.2) is 0 Å². The average molecular weight is 232 g/mol. The molecule has 1 aliphatic carbocycles. The smallest absolute Gasteiger partial charge is 0.253 e. The Balaban J connectivity index is 1.84. The van der Waals surface area contributed by atoms with Gasteiger partial charge in [-0.15, -0.1) is 0 Å². The van der Waals surface area contributed by atoms with Gasteiger partial charge in [-0.3, -0.25) is 9.63 Å². The molecule has 4 nitrogen and oxygen atoms in total. The highest BCUT2D eigenvalue weighted by Gasteiger charge is 2.51. The molecule has 0 bridgehead atoms. The first-order valence-corrected chi connectivity index (χ1v) is 5.96. The van der Waals surface area contributed by atoms with Crippen molar-refractivity contribution in [3.05, 3.63) is 24.3 Å². The number of carbonyl (C=O) groups excluding carboxylic acids is 1. The van der Waals surface area contributed by atoms with Crippen LogP contribution in [0.15, 0.2) is 24.3 Å². The molecule has 0 spiro atoms. The molecule has 1 aromatic rings. The first kappa shape index (κ1) is 10.6. The van der Waals surface area contributed by atoms with Gasteiger partial charge in [0.2, 0.25) is 0 Å². The monoisotopic (exact) mass is 232 g/mol. The quantitative estimate of drug-likeness (QED) is 0.794. The van der Waals surface area contributed by atoms with Crippen molar-refractivity contribution >= 4 is 17.3 Å². The van der Waals surface area contributed by atoms with E-state index >= 15 is 0 Å². The van der Waals surface area contributed by atoms with Crippen molar-refractivity contribution in [3.63, 3.8) is 0 Å². The van der Waals surface area contributed by atoms with Crippen molar-refractivity contribution in [3.8, 4) is 0 Å². The van der Waals surface area contributed by atoms with Crippen LogP contribution in [0.3, 0.4) is 0 Å². The average Bonchev–Trinajstić information content (AvgIpc) is 3.08. The van der Waals surface area contributed by atoms with Gasteiger partial charge in [0, 0.05) is 5.69 Å². The number of hydrogen-bond acceptors (Lipinski definition) is 3. The molecule has 1 saturated carbocycles.